The Balaban J connectivity index is 0.00000392. The largest absolute Gasteiger partial charge is 0.361 e. The Morgan fingerprint density at radius 1 is 1.25 bits per heavy atom. The minimum atomic E-state index is 0. The van der Waals surface area contributed by atoms with Gasteiger partial charge in [0.2, 0.25) is 0 Å². The number of nitrogens with one attached hydrogen (secondary N) is 2. The van der Waals surface area contributed by atoms with E-state index in [1.807, 2.05) is 0 Å². The number of guanidine groups is 1. The number of piperidine rings is 1. The molecule has 162 valence electrons. The summed E-state index contributed by atoms with van der Waals surface area (Å²) in [6.45, 7) is 18.0. The van der Waals surface area contributed by atoms with Gasteiger partial charge in [0.15, 0.2) is 5.96 Å². The standard InChI is InChI=1S/C21H39N5O.HI/c1-7-18-17(19(8-2)27-25-18)13-23-20(22-9-3)24-15-21(5,6)26-12-10-11-16(4)14-26;/h16H,7-15H2,1-6H3,(H2,22,23,24);1H. The van der Waals surface area contributed by atoms with E-state index in [1.54, 1.807) is 0 Å². The molecule has 28 heavy (non-hydrogen) atoms. The van der Waals surface area contributed by atoms with Gasteiger partial charge in [0.1, 0.15) is 5.76 Å². The lowest BCUT2D eigenvalue weighted by atomic mass is 9.93. The van der Waals surface area contributed by atoms with Gasteiger partial charge in [-0.3, -0.25) is 4.90 Å². The Kier molecular flexibility index (Phi) is 10.8. The van der Waals surface area contributed by atoms with E-state index in [0.29, 0.717) is 6.54 Å². The van der Waals surface area contributed by atoms with Gasteiger partial charge in [0.05, 0.1) is 12.2 Å². The van der Waals surface area contributed by atoms with E-state index >= 15 is 0 Å². The maximum Gasteiger partial charge on any atom is 0.191 e. The Bertz CT molecular complexity index is 592. The van der Waals surface area contributed by atoms with Crippen molar-refractivity contribution in [3.63, 3.8) is 0 Å². The molecule has 1 aliphatic rings. The lowest BCUT2D eigenvalue weighted by Crippen LogP contribution is -2.56. The van der Waals surface area contributed by atoms with Crippen molar-refractivity contribution in [3.05, 3.63) is 17.0 Å². The van der Waals surface area contributed by atoms with Gasteiger partial charge in [-0.05, 0) is 52.5 Å². The van der Waals surface area contributed by atoms with Gasteiger partial charge in [0.25, 0.3) is 0 Å². The van der Waals surface area contributed by atoms with E-state index in [2.05, 4.69) is 62.2 Å². The number of aryl methyl sites for hydroxylation is 2. The van der Waals surface area contributed by atoms with Crippen molar-refractivity contribution in [2.24, 2.45) is 10.9 Å². The number of aromatic nitrogens is 1. The molecule has 1 aliphatic heterocycles. The van der Waals surface area contributed by atoms with Crippen LogP contribution in [-0.4, -0.2) is 47.7 Å². The first kappa shape index (κ1) is 25.2. The number of halogens is 1. The minimum absolute atomic E-state index is 0. The van der Waals surface area contributed by atoms with E-state index in [4.69, 9.17) is 9.52 Å². The fourth-order valence-corrected chi connectivity index (χ4v) is 3.77. The third-order valence-electron chi connectivity index (χ3n) is 5.55. The van der Waals surface area contributed by atoms with Gasteiger partial charge < -0.3 is 15.2 Å². The summed E-state index contributed by atoms with van der Waals surface area (Å²) in [5.41, 5.74) is 2.26. The van der Waals surface area contributed by atoms with Gasteiger partial charge >= 0.3 is 0 Å². The molecule has 1 fully saturated rings. The van der Waals surface area contributed by atoms with Crippen LogP contribution >= 0.6 is 24.0 Å². The zero-order valence-corrected chi connectivity index (χ0v) is 20.9. The van der Waals surface area contributed by atoms with Crippen LogP contribution in [0.1, 0.15) is 71.4 Å². The van der Waals surface area contributed by atoms with Crippen molar-refractivity contribution in [1.29, 1.82) is 0 Å². The van der Waals surface area contributed by atoms with Crippen LogP contribution in [0.5, 0.6) is 0 Å². The second-order valence-electron chi connectivity index (χ2n) is 8.29. The molecule has 0 radical (unpaired) electrons. The predicted molar refractivity (Wildman–Crippen MR) is 128 cm³/mol. The molecule has 1 aromatic heterocycles. The van der Waals surface area contributed by atoms with Crippen LogP contribution < -0.4 is 10.6 Å². The summed E-state index contributed by atoms with van der Waals surface area (Å²) in [7, 11) is 0. The summed E-state index contributed by atoms with van der Waals surface area (Å²) in [5.74, 6) is 2.60. The van der Waals surface area contributed by atoms with Gasteiger partial charge in [0, 0.05) is 37.2 Å². The third-order valence-corrected chi connectivity index (χ3v) is 5.55. The second-order valence-corrected chi connectivity index (χ2v) is 8.29. The number of rotatable bonds is 8. The molecule has 0 aromatic carbocycles. The average Bonchev–Trinajstić information content (AvgIpc) is 3.06. The van der Waals surface area contributed by atoms with Crippen molar-refractivity contribution in [3.8, 4) is 0 Å². The molecule has 0 aliphatic carbocycles. The van der Waals surface area contributed by atoms with E-state index in [0.717, 1.165) is 54.8 Å². The highest BCUT2D eigenvalue weighted by Crippen LogP contribution is 2.23. The van der Waals surface area contributed by atoms with Crippen molar-refractivity contribution in [2.75, 3.05) is 26.2 Å². The van der Waals surface area contributed by atoms with Gasteiger partial charge in [-0.25, -0.2) is 4.99 Å². The summed E-state index contributed by atoms with van der Waals surface area (Å²) < 4.78 is 5.46. The quantitative estimate of drug-likeness (QED) is 0.318. The summed E-state index contributed by atoms with van der Waals surface area (Å²) in [6.07, 6.45) is 4.37. The maximum absolute atomic E-state index is 5.46. The Hall–Kier alpha value is -0.830. The van der Waals surface area contributed by atoms with Crippen LogP contribution in [0.4, 0.5) is 0 Å². The van der Waals surface area contributed by atoms with Crippen molar-refractivity contribution < 1.29 is 4.52 Å². The summed E-state index contributed by atoms with van der Waals surface area (Å²) in [6, 6.07) is 0. The van der Waals surface area contributed by atoms with Gasteiger partial charge in [-0.15, -0.1) is 24.0 Å². The number of likely N-dealkylation sites (tertiary alicyclic amines) is 1. The third kappa shape index (κ3) is 6.90. The lowest BCUT2D eigenvalue weighted by Gasteiger charge is -2.43. The fraction of sp³-hybridized carbons (Fsp3) is 0.810. The zero-order valence-electron chi connectivity index (χ0n) is 18.6. The predicted octanol–water partition coefficient (Wildman–Crippen LogP) is 3.98. The summed E-state index contributed by atoms with van der Waals surface area (Å²) in [4.78, 5) is 7.43. The molecule has 2 N–H and O–H groups in total. The monoisotopic (exact) mass is 505 g/mol. The molecular formula is C21H40IN5O. The van der Waals surface area contributed by atoms with Crippen LogP contribution in [0.2, 0.25) is 0 Å². The zero-order chi connectivity index (χ0) is 19.9. The molecule has 6 nitrogen and oxygen atoms in total. The van der Waals surface area contributed by atoms with Gasteiger partial charge in [-0.2, -0.15) is 0 Å². The van der Waals surface area contributed by atoms with E-state index in [1.165, 1.54) is 25.9 Å². The van der Waals surface area contributed by atoms with E-state index < -0.39 is 0 Å². The van der Waals surface area contributed by atoms with E-state index in [-0.39, 0.29) is 29.5 Å². The SMILES string of the molecule is CCNC(=NCc1c(CC)noc1CC)NCC(C)(C)N1CCCC(C)C1.I. The minimum Gasteiger partial charge on any atom is -0.361 e. The lowest BCUT2D eigenvalue weighted by molar-refractivity contribution is 0.0739. The molecule has 1 unspecified atom stereocenters. The van der Waals surface area contributed by atoms with E-state index in [9.17, 15) is 0 Å². The second kappa shape index (κ2) is 12.0. The van der Waals surface area contributed by atoms with Crippen molar-refractivity contribution >= 4 is 29.9 Å². The van der Waals surface area contributed by atoms with Gasteiger partial charge in [-0.1, -0.05) is 25.9 Å². The topological polar surface area (TPSA) is 65.7 Å². The normalized spacial score (nSPS) is 18.6. The summed E-state index contributed by atoms with van der Waals surface area (Å²) >= 11 is 0. The highest BCUT2D eigenvalue weighted by molar-refractivity contribution is 14.0. The highest BCUT2D eigenvalue weighted by Gasteiger charge is 2.30. The molecular weight excluding hydrogens is 465 g/mol. The molecule has 0 bridgehead atoms. The van der Waals surface area contributed by atoms with Crippen LogP contribution in [-0.2, 0) is 19.4 Å². The molecule has 0 spiro atoms. The molecule has 7 heteroatoms. The molecule has 0 amide bonds. The smallest absolute Gasteiger partial charge is 0.191 e. The van der Waals surface area contributed by atoms with Crippen molar-refractivity contribution in [2.45, 2.75) is 79.3 Å². The number of aliphatic imine (C=N–C) groups is 1. The molecule has 1 atom stereocenters. The maximum atomic E-state index is 5.46. The molecule has 2 rings (SSSR count). The Morgan fingerprint density at radius 2 is 2.00 bits per heavy atom. The highest BCUT2D eigenvalue weighted by atomic mass is 127. The first-order chi connectivity index (χ1) is 12.9. The Morgan fingerprint density at radius 3 is 2.61 bits per heavy atom. The first-order valence-electron chi connectivity index (χ1n) is 10.6. The molecule has 0 saturated carbocycles. The average molecular weight is 505 g/mol. The van der Waals surface area contributed by atoms with Crippen LogP contribution in [0, 0.1) is 5.92 Å². The Labute approximate surface area is 188 Å². The number of hydrogen-bond acceptors (Lipinski definition) is 4. The fourth-order valence-electron chi connectivity index (χ4n) is 3.77. The number of hydrogen-bond donors (Lipinski definition) is 2. The van der Waals surface area contributed by atoms with Crippen LogP contribution in [0.15, 0.2) is 9.52 Å². The summed E-state index contributed by atoms with van der Waals surface area (Å²) in [5, 5.41) is 11.1. The van der Waals surface area contributed by atoms with Crippen molar-refractivity contribution in [1.82, 2.24) is 20.7 Å². The molecule has 2 heterocycles. The number of nitrogens with zero attached hydrogens (tertiary/aromatic N) is 3. The van der Waals surface area contributed by atoms with Crippen LogP contribution in [0.3, 0.4) is 0 Å². The molecule has 1 saturated heterocycles. The van der Waals surface area contributed by atoms with Crippen LogP contribution in [0.25, 0.3) is 0 Å². The first-order valence-corrected chi connectivity index (χ1v) is 10.6. The molecule has 1 aromatic rings.